The molecule has 1 unspecified atom stereocenters. The lowest BCUT2D eigenvalue weighted by Crippen LogP contribution is -2.26. The van der Waals surface area contributed by atoms with Gasteiger partial charge in [0, 0.05) is 42.3 Å². The molecule has 1 aliphatic carbocycles. The fraction of sp³-hybridized carbons (Fsp3) is 0.294. The molecule has 0 spiro atoms. The number of sulfonamides is 1. The number of halogens is 4. The van der Waals surface area contributed by atoms with Crippen LogP contribution in [0.15, 0.2) is 35.2 Å². The Labute approximate surface area is 152 Å². The van der Waals surface area contributed by atoms with Crippen molar-refractivity contribution < 1.29 is 35.8 Å². The molecule has 1 atom stereocenters. The lowest BCUT2D eigenvalue weighted by molar-refractivity contribution is -0.0976. The standard InChI is InChI=1S/C17H15F4NO4S/c1-2-22-27(24,25)14-4-3-13(12-8-17(20,21)16(23)15(12)14)26-11-6-9(18)5-10(19)7-11/h3-7,16,22-23H,2,8H2,1H3. The summed E-state index contributed by atoms with van der Waals surface area (Å²) in [5.74, 6) is -5.99. The summed E-state index contributed by atoms with van der Waals surface area (Å²) in [7, 11) is -4.14. The molecule has 5 nitrogen and oxygen atoms in total. The van der Waals surface area contributed by atoms with Crippen LogP contribution in [0, 0.1) is 11.6 Å². The first kappa shape index (κ1) is 19.6. The Hall–Kier alpha value is -2.17. The Balaban J connectivity index is 2.14. The van der Waals surface area contributed by atoms with Crippen molar-refractivity contribution in [1.29, 1.82) is 0 Å². The summed E-state index contributed by atoms with van der Waals surface area (Å²) >= 11 is 0. The highest BCUT2D eigenvalue weighted by Crippen LogP contribution is 2.49. The molecule has 0 aliphatic heterocycles. The minimum absolute atomic E-state index is 0.0183. The van der Waals surface area contributed by atoms with Crippen molar-refractivity contribution in [3.8, 4) is 11.5 Å². The van der Waals surface area contributed by atoms with Gasteiger partial charge in [-0.25, -0.2) is 30.7 Å². The topological polar surface area (TPSA) is 75.6 Å². The molecule has 10 heteroatoms. The fourth-order valence-electron chi connectivity index (χ4n) is 2.96. The maximum absolute atomic E-state index is 14.1. The molecule has 0 amide bonds. The molecule has 0 radical (unpaired) electrons. The van der Waals surface area contributed by atoms with Crippen molar-refractivity contribution in [1.82, 2.24) is 4.72 Å². The average Bonchev–Trinajstić information content (AvgIpc) is 2.77. The fourth-order valence-corrected chi connectivity index (χ4v) is 4.27. The van der Waals surface area contributed by atoms with Crippen LogP contribution in [0.5, 0.6) is 11.5 Å². The molecule has 0 heterocycles. The van der Waals surface area contributed by atoms with Crippen LogP contribution < -0.4 is 9.46 Å². The zero-order valence-electron chi connectivity index (χ0n) is 14.0. The third-order valence-corrected chi connectivity index (χ3v) is 5.65. The second kappa shape index (κ2) is 6.77. The molecule has 2 N–H and O–H groups in total. The lowest BCUT2D eigenvalue weighted by atomic mass is 10.1. The molecule has 0 aromatic heterocycles. The van der Waals surface area contributed by atoms with Crippen molar-refractivity contribution >= 4 is 10.0 Å². The SMILES string of the molecule is CCNS(=O)(=O)c1ccc(Oc2cc(F)cc(F)c2)c2c1C(O)C(F)(F)C2. The minimum Gasteiger partial charge on any atom is -0.457 e. The van der Waals surface area contributed by atoms with Gasteiger partial charge in [-0.15, -0.1) is 0 Å². The van der Waals surface area contributed by atoms with Crippen molar-refractivity contribution in [3.63, 3.8) is 0 Å². The Kier molecular flexibility index (Phi) is 4.91. The maximum Gasteiger partial charge on any atom is 0.281 e. The van der Waals surface area contributed by atoms with Crippen LogP contribution in [-0.2, 0) is 16.4 Å². The van der Waals surface area contributed by atoms with Gasteiger partial charge in [0.1, 0.15) is 29.2 Å². The Bertz CT molecular complexity index is 974. The Morgan fingerprint density at radius 2 is 1.85 bits per heavy atom. The summed E-state index contributed by atoms with van der Waals surface area (Å²) < 4.78 is 86.9. The van der Waals surface area contributed by atoms with Gasteiger partial charge < -0.3 is 9.84 Å². The van der Waals surface area contributed by atoms with Gasteiger partial charge in [-0.3, -0.25) is 0 Å². The zero-order valence-corrected chi connectivity index (χ0v) is 14.8. The molecular weight excluding hydrogens is 390 g/mol. The monoisotopic (exact) mass is 405 g/mol. The minimum atomic E-state index is -4.14. The molecule has 0 saturated heterocycles. The van der Waals surface area contributed by atoms with E-state index >= 15 is 0 Å². The highest BCUT2D eigenvalue weighted by molar-refractivity contribution is 7.89. The Morgan fingerprint density at radius 1 is 1.22 bits per heavy atom. The molecule has 0 saturated carbocycles. The van der Waals surface area contributed by atoms with Gasteiger partial charge >= 0.3 is 0 Å². The second-order valence-corrected chi connectivity index (χ2v) is 7.74. The van der Waals surface area contributed by atoms with Gasteiger partial charge in [0.25, 0.3) is 5.92 Å². The van der Waals surface area contributed by atoms with Gasteiger partial charge in [-0.1, -0.05) is 6.92 Å². The number of ether oxygens (including phenoxy) is 1. The second-order valence-electron chi connectivity index (χ2n) is 6.00. The van der Waals surface area contributed by atoms with Crippen LogP contribution in [0.3, 0.4) is 0 Å². The Morgan fingerprint density at radius 3 is 2.44 bits per heavy atom. The third kappa shape index (κ3) is 3.64. The van der Waals surface area contributed by atoms with E-state index in [2.05, 4.69) is 4.72 Å². The first-order chi connectivity index (χ1) is 12.5. The van der Waals surface area contributed by atoms with E-state index in [1.165, 1.54) is 6.92 Å². The number of aliphatic hydroxyl groups excluding tert-OH is 1. The molecule has 146 valence electrons. The largest absolute Gasteiger partial charge is 0.457 e. The summed E-state index contributed by atoms with van der Waals surface area (Å²) in [4.78, 5) is -0.498. The highest BCUT2D eigenvalue weighted by atomic mass is 32.2. The van der Waals surface area contributed by atoms with E-state index < -0.39 is 50.6 Å². The number of aliphatic hydroxyl groups is 1. The molecule has 0 bridgehead atoms. The molecule has 3 rings (SSSR count). The van der Waals surface area contributed by atoms with Crippen molar-refractivity contribution in [2.45, 2.75) is 30.3 Å². The van der Waals surface area contributed by atoms with Gasteiger partial charge in [0.15, 0.2) is 0 Å². The predicted octanol–water partition coefficient (Wildman–Crippen LogP) is 3.28. The van der Waals surface area contributed by atoms with E-state index in [0.717, 1.165) is 24.3 Å². The van der Waals surface area contributed by atoms with E-state index in [1.54, 1.807) is 0 Å². The van der Waals surface area contributed by atoms with Crippen LogP contribution in [0.4, 0.5) is 17.6 Å². The van der Waals surface area contributed by atoms with Gasteiger partial charge in [0.2, 0.25) is 10.0 Å². The number of nitrogens with one attached hydrogen (secondary N) is 1. The number of hydrogen-bond donors (Lipinski definition) is 2. The van der Waals surface area contributed by atoms with E-state index in [0.29, 0.717) is 6.07 Å². The van der Waals surface area contributed by atoms with E-state index in [-0.39, 0.29) is 23.6 Å². The molecule has 1 aliphatic rings. The molecule has 0 fully saturated rings. The number of hydrogen-bond acceptors (Lipinski definition) is 4. The van der Waals surface area contributed by atoms with Crippen LogP contribution in [-0.4, -0.2) is 26.0 Å². The zero-order chi connectivity index (χ0) is 20.0. The van der Waals surface area contributed by atoms with Crippen LogP contribution in [0.25, 0.3) is 0 Å². The average molecular weight is 405 g/mol. The molecular formula is C17H15F4NO4S. The smallest absolute Gasteiger partial charge is 0.281 e. The van der Waals surface area contributed by atoms with E-state index in [1.807, 2.05) is 0 Å². The number of alkyl halides is 2. The van der Waals surface area contributed by atoms with Gasteiger partial charge in [-0.2, -0.15) is 0 Å². The summed E-state index contributed by atoms with van der Waals surface area (Å²) in [5.41, 5.74) is -0.730. The summed E-state index contributed by atoms with van der Waals surface area (Å²) in [5, 5.41) is 9.98. The van der Waals surface area contributed by atoms with Crippen molar-refractivity contribution in [2.24, 2.45) is 0 Å². The summed E-state index contributed by atoms with van der Waals surface area (Å²) in [6, 6.07) is 4.43. The van der Waals surface area contributed by atoms with E-state index in [4.69, 9.17) is 4.74 Å². The number of fused-ring (bicyclic) bond motifs is 1. The molecule has 2 aromatic rings. The maximum atomic E-state index is 14.1. The van der Waals surface area contributed by atoms with Crippen LogP contribution in [0.1, 0.15) is 24.2 Å². The predicted molar refractivity (Wildman–Crippen MR) is 87.3 cm³/mol. The first-order valence-corrected chi connectivity index (χ1v) is 9.38. The highest BCUT2D eigenvalue weighted by Gasteiger charge is 2.50. The third-order valence-electron chi connectivity index (χ3n) is 4.05. The quantitative estimate of drug-likeness (QED) is 0.749. The van der Waals surface area contributed by atoms with Gasteiger partial charge in [0.05, 0.1) is 4.90 Å². The first-order valence-electron chi connectivity index (χ1n) is 7.90. The van der Waals surface area contributed by atoms with Crippen LogP contribution in [0.2, 0.25) is 0 Å². The van der Waals surface area contributed by atoms with Crippen molar-refractivity contribution in [3.05, 3.63) is 53.1 Å². The molecule has 2 aromatic carbocycles. The van der Waals surface area contributed by atoms with Gasteiger partial charge in [-0.05, 0) is 12.1 Å². The number of benzene rings is 2. The van der Waals surface area contributed by atoms with E-state index in [9.17, 15) is 31.1 Å². The summed E-state index contributed by atoms with van der Waals surface area (Å²) in [6.07, 6.45) is -3.34. The summed E-state index contributed by atoms with van der Waals surface area (Å²) in [6.45, 7) is 1.53. The normalized spacial score (nSPS) is 18.4. The molecule has 27 heavy (non-hydrogen) atoms. The lowest BCUT2D eigenvalue weighted by Gasteiger charge is -2.17. The van der Waals surface area contributed by atoms with Crippen LogP contribution >= 0.6 is 0 Å². The van der Waals surface area contributed by atoms with Crippen molar-refractivity contribution in [2.75, 3.05) is 6.54 Å². The number of rotatable bonds is 5.